The predicted molar refractivity (Wildman–Crippen MR) is 17.8 cm³/mol. The third-order valence-electron chi connectivity index (χ3n) is 0. The van der Waals surface area contributed by atoms with Crippen LogP contribution in [0, 0.1) is 0 Å². The molecule has 0 aliphatic carbocycles. The van der Waals surface area contributed by atoms with E-state index in [0.717, 1.165) is 0 Å². The van der Waals surface area contributed by atoms with Crippen LogP contribution in [-0.4, -0.2) is 15.2 Å². The summed E-state index contributed by atoms with van der Waals surface area (Å²) in [6.45, 7) is 0. The van der Waals surface area contributed by atoms with Crippen molar-refractivity contribution in [2.24, 2.45) is 0 Å². The molecule has 24 valence electrons. The van der Waals surface area contributed by atoms with Crippen LogP contribution in [0.1, 0.15) is 0 Å². The summed E-state index contributed by atoms with van der Waals surface area (Å²) in [5, 5.41) is 0. The van der Waals surface area contributed by atoms with Crippen molar-refractivity contribution in [2.75, 3.05) is 7.11 Å². The van der Waals surface area contributed by atoms with Crippen LogP contribution in [0.5, 0.6) is 0 Å². The van der Waals surface area contributed by atoms with Crippen molar-refractivity contribution in [3.05, 3.63) is 0 Å². The van der Waals surface area contributed by atoms with E-state index in [1.807, 2.05) is 0 Å². The van der Waals surface area contributed by atoms with Crippen molar-refractivity contribution in [1.29, 1.82) is 0 Å². The Labute approximate surface area is 27.2 Å². The Balaban J connectivity index is 0. The Hall–Kier alpha value is -0.0151. The average Bonchev–Trinajstić information content (AvgIpc) is 0.918. The van der Waals surface area contributed by atoms with E-state index in [4.69, 9.17) is 0 Å². The van der Waals surface area contributed by atoms with Crippen molar-refractivity contribution in [3.8, 4) is 0 Å². The summed E-state index contributed by atoms with van der Waals surface area (Å²) in [4.78, 5) is 0. The molecule has 0 saturated heterocycles. The van der Waals surface area contributed by atoms with Gasteiger partial charge < -0.3 is 10.8 Å². The van der Waals surface area contributed by atoms with Crippen LogP contribution < -0.4 is 6.15 Å². The highest BCUT2D eigenvalue weighted by Crippen LogP contribution is 1.24. The maximum atomic E-state index is 4.35. The number of rotatable bonds is 0. The van der Waals surface area contributed by atoms with Gasteiger partial charge in [0.15, 0.2) is 0 Å². The minimum Gasteiger partial charge on any atom is -0.450 e. The molecule has 0 aromatic rings. The zero-order valence-electron chi connectivity index (χ0n) is 2.69. The van der Waals surface area contributed by atoms with Crippen molar-refractivity contribution in [2.45, 2.75) is 0 Å². The van der Waals surface area contributed by atoms with Crippen LogP contribution in [0.25, 0.3) is 0 Å². The van der Waals surface area contributed by atoms with Gasteiger partial charge in [-0.05, 0) is 0 Å². The summed E-state index contributed by atoms with van der Waals surface area (Å²) in [7, 11) is 5.75. The summed E-state index contributed by atoms with van der Waals surface area (Å²) in [6, 6.07) is 0. The second kappa shape index (κ2) is 12.1. The molecule has 4 heavy (non-hydrogen) atoms. The van der Waals surface area contributed by atoms with E-state index < -0.39 is 0 Å². The number of hydrogen-bond acceptors (Lipinski definition) is 2. The van der Waals surface area contributed by atoms with Gasteiger partial charge in [-0.25, -0.2) is 0 Å². The molecule has 0 bridgehead atoms. The lowest BCUT2D eigenvalue weighted by Gasteiger charge is -1.60. The monoisotopic (exact) mass is 59.1 g/mol. The van der Waals surface area contributed by atoms with Crippen molar-refractivity contribution >= 4 is 8.05 Å². The molecule has 0 amide bonds. The maximum absolute atomic E-state index is 4.35. The lowest BCUT2D eigenvalue weighted by molar-refractivity contribution is 0.460. The molecule has 0 aliphatic rings. The molecule has 0 spiro atoms. The summed E-state index contributed by atoms with van der Waals surface area (Å²) in [5.74, 6) is 0. The highest BCUT2D eigenvalue weighted by molar-refractivity contribution is 5.97. The normalized spacial score (nSPS) is 4.25. The molecule has 2 radical (unpaired) electrons. The molecule has 2 nitrogen and oxygen atoms in total. The minimum atomic E-state index is 0. The van der Waals surface area contributed by atoms with E-state index in [1.165, 1.54) is 7.11 Å². The second-order valence-corrected chi connectivity index (χ2v) is 0.236. The highest BCUT2D eigenvalue weighted by atomic mass is 16.4. The zero-order chi connectivity index (χ0) is 2.71. The van der Waals surface area contributed by atoms with Crippen LogP contribution in [0.2, 0.25) is 0 Å². The summed E-state index contributed by atoms with van der Waals surface area (Å²) in [6.07, 6.45) is 0. The first-order chi connectivity index (χ1) is 1.41. The molecule has 0 atom stereocenters. The van der Waals surface area contributed by atoms with E-state index >= 15 is 0 Å². The third-order valence-corrected chi connectivity index (χ3v) is 0. The smallest absolute Gasteiger partial charge is 0.282 e. The molecule has 3 N–H and O–H groups in total. The summed E-state index contributed by atoms with van der Waals surface area (Å²) < 4.78 is 3.75. The van der Waals surface area contributed by atoms with Gasteiger partial charge in [-0.1, -0.05) is 0 Å². The first-order valence-electron chi connectivity index (χ1n) is 0.644. The summed E-state index contributed by atoms with van der Waals surface area (Å²) in [5.41, 5.74) is 0. The average molecular weight is 58.9 g/mol. The van der Waals surface area contributed by atoms with Gasteiger partial charge in [0.2, 0.25) is 0 Å². The molecule has 0 aromatic heterocycles. The maximum Gasteiger partial charge on any atom is 0.282 e. The Kier molecular flexibility index (Phi) is 27.3. The largest absolute Gasteiger partial charge is 0.450 e. The first kappa shape index (κ1) is 9.01. The van der Waals surface area contributed by atoms with E-state index in [2.05, 4.69) is 12.7 Å². The zero-order valence-corrected chi connectivity index (χ0v) is 2.69. The molecule has 0 heterocycles. The van der Waals surface area contributed by atoms with Gasteiger partial charge in [0.05, 0.1) is 0 Å². The van der Waals surface area contributed by atoms with Gasteiger partial charge in [-0.3, -0.25) is 0 Å². The van der Waals surface area contributed by atoms with Crippen LogP contribution in [0.15, 0.2) is 0 Å². The fourth-order valence-electron chi connectivity index (χ4n) is 0. The molecule has 0 aromatic carbocycles. The molecule has 0 fully saturated rings. The van der Waals surface area contributed by atoms with Crippen LogP contribution in [0.3, 0.4) is 0 Å². The lowest BCUT2D eigenvalue weighted by atomic mass is 10.6. The Bertz CT molecular complexity index is 8.00. The van der Waals surface area contributed by atoms with Gasteiger partial charge in [0.25, 0.3) is 8.05 Å². The standard InChI is InChI=1S/CH3BO.H3N/c1-3-2;/h1H3;1H3. The van der Waals surface area contributed by atoms with Gasteiger partial charge in [0, 0.05) is 7.11 Å². The van der Waals surface area contributed by atoms with Gasteiger partial charge in [-0.2, -0.15) is 0 Å². The van der Waals surface area contributed by atoms with Crippen molar-refractivity contribution in [1.82, 2.24) is 6.15 Å². The fourth-order valence-corrected chi connectivity index (χ4v) is 0. The fraction of sp³-hybridized carbons (Fsp3) is 1.00. The number of hydrogen-bond donors (Lipinski definition) is 1. The molecular formula is CH6BNO. The third kappa shape index (κ3) is 8480. The van der Waals surface area contributed by atoms with Crippen molar-refractivity contribution in [3.63, 3.8) is 0 Å². The first-order valence-corrected chi connectivity index (χ1v) is 0.644. The highest BCUT2D eigenvalue weighted by Gasteiger charge is 1.30. The van der Waals surface area contributed by atoms with Crippen molar-refractivity contribution < 1.29 is 4.65 Å². The summed E-state index contributed by atoms with van der Waals surface area (Å²) >= 11 is 0. The Morgan fingerprint density at radius 3 is 1.75 bits per heavy atom. The predicted octanol–water partition coefficient (Wildman–Crippen LogP) is -0.122. The second-order valence-electron chi connectivity index (χ2n) is 0.236. The van der Waals surface area contributed by atoms with E-state index in [0.29, 0.717) is 0 Å². The van der Waals surface area contributed by atoms with Crippen LogP contribution >= 0.6 is 0 Å². The van der Waals surface area contributed by atoms with E-state index in [1.54, 1.807) is 0 Å². The quantitative estimate of drug-likeness (QED) is 0.395. The SMILES string of the molecule is N.[B]OC. The van der Waals surface area contributed by atoms with Gasteiger partial charge in [-0.15, -0.1) is 0 Å². The minimum absolute atomic E-state index is 0. The lowest BCUT2D eigenvalue weighted by Crippen LogP contribution is -1.60. The van der Waals surface area contributed by atoms with Gasteiger partial charge >= 0.3 is 0 Å². The molecular weight excluding hydrogens is 52.8 g/mol. The van der Waals surface area contributed by atoms with E-state index in [-0.39, 0.29) is 6.15 Å². The topological polar surface area (TPSA) is 44.2 Å². The molecule has 0 rings (SSSR count). The van der Waals surface area contributed by atoms with E-state index in [9.17, 15) is 0 Å². The molecule has 0 unspecified atom stereocenters. The molecule has 0 aliphatic heterocycles. The molecule has 0 saturated carbocycles. The van der Waals surface area contributed by atoms with Crippen LogP contribution in [-0.2, 0) is 4.65 Å². The Morgan fingerprint density at radius 1 is 1.75 bits per heavy atom. The Morgan fingerprint density at radius 2 is 1.75 bits per heavy atom. The van der Waals surface area contributed by atoms with Crippen LogP contribution in [0.4, 0.5) is 0 Å². The van der Waals surface area contributed by atoms with Gasteiger partial charge in [0.1, 0.15) is 0 Å². The molecule has 3 heteroatoms.